The second-order valence-electron chi connectivity index (χ2n) is 6.24. The van der Waals surface area contributed by atoms with Crippen molar-refractivity contribution in [2.75, 3.05) is 5.32 Å². The standard InChI is InChI=1S/C22H15Cl2NO4/c23-14-3-1-13(2-4-14)19-9-10-21(29-19)22(27)25-15-5-7-18(24)17(11-15)20-8-6-16(12-26)28-20/h1-11,26H,12H2,(H,25,27). The molecule has 4 aromatic rings. The van der Waals surface area contributed by atoms with Crippen molar-refractivity contribution < 1.29 is 18.7 Å². The van der Waals surface area contributed by atoms with Crippen LogP contribution in [0.15, 0.2) is 75.6 Å². The zero-order chi connectivity index (χ0) is 20.4. The van der Waals surface area contributed by atoms with Crippen LogP contribution in [0.1, 0.15) is 16.3 Å². The first kappa shape index (κ1) is 19.3. The first-order valence-corrected chi connectivity index (χ1v) is 9.46. The lowest BCUT2D eigenvalue weighted by Gasteiger charge is -2.07. The number of carbonyl (C=O) groups excluding carboxylic acids is 1. The molecule has 1 amide bonds. The highest BCUT2D eigenvalue weighted by Gasteiger charge is 2.15. The summed E-state index contributed by atoms with van der Waals surface area (Å²) in [6, 6.07) is 18.9. The third kappa shape index (κ3) is 4.22. The fourth-order valence-electron chi connectivity index (χ4n) is 2.82. The Balaban J connectivity index is 1.54. The van der Waals surface area contributed by atoms with Gasteiger partial charge in [0, 0.05) is 21.8 Å². The number of carbonyl (C=O) groups is 1. The van der Waals surface area contributed by atoms with Gasteiger partial charge in [0.25, 0.3) is 5.91 Å². The molecule has 4 rings (SSSR count). The summed E-state index contributed by atoms with van der Waals surface area (Å²) in [7, 11) is 0. The number of amides is 1. The van der Waals surface area contributed by atoms with Gasteiger partial charge in [-0.1, -0.05) is 23.2 Å². The summed E-state index contributed by atoms with van der Waals surface area (Å²) in [6.07, 6.45) is 0. The van der Waals surface area contributed by atoms with Crippen LogP contribution >= 0.6 is 23.2 Å². The maximum atomic E-state index is 12.6. The quantitative estimate of drug-likeness (QED) is 0.394. The second-order valence-corrected chi connectivity index (χ2v) is 7.09. The van der Waals surface area contributed by atoms with Gasteiger partial charge < -0.3 is 19.3 Å². The van der Waals surface area contributed by atoms with Crippen LogP contribution in [0.25, 0.3) is 22.6 Å². The maximum absolute atomic E-state index is 12.6. The first-order valence-electron chi connectivity index (χ1n) is 8.70. The van der Waals surface area contributed by atoms with Gasteiger partial charge in [-0.15, -0.1) is 0 Å². The minimum absolute atomic E-state index is 0.173. The smallest absolute Gasteiger partial charge is 0.291 e. The van der Waals surface area contributed by atoms with Gasteiger partial charge >= 0.3 is 0 Å². The molecule has 0 aliphatic heterocycles. The van der Waals surface area contributed by atoms with Gasteiger partial charge in [-0.2, -0.15) is 0 Å². The molecule has 7 heteroatoms. The van der Waals surface area contributed by atoms with Crippen molar-refractivity contribution in [1.82, 2.24) is 0 Å². The molecular formula is C22H15Cl2NO4. The number of furan rings is 2. The molecule has 0 spiro atoms. The highest BCUT2D eigenvalue weighted by Crippen LogP contribution is 2.32. The number of benzene rings is 2. The average Bonchev–Trinajstić information content (AvgIpc) is 3.40. The summed E-state index contributed by atoms with van der Waals surface area (Å²) in [5.74, 6) is 1.27. The molecule has 2 aromatic carbocycles. The Kier molecular flexibility index (Phi) is 5.45. The molecule has 146 valence electrons. The van der Waals surface area contributed by atoms with Crippen LogP contribution in [0.5, 0.6) is 0 Å². The SMILES string of the molecule is O=C(Nc1ccc(Cl)c(-c2ccc(CO)o2)c1)c1ccc(-c2ccc(Cl)cc2)o1. The second kappa shape index (κ2) is 8.17. The number of anilines is 1. The fourth-order valence-corrected chi connectivity index (χ4v) is 3.16. The lowest BCUT2D eigenvalue weighted by molar-refractivity contribution is 0.0997. The Bertz CT molecular complexity index is 1160. The number of hydrogen-bond donors (Lipinski definition) is 2. The zero-order valence-electron chi connectivity index (χ0n) is 15.0. The molecule has 0 unspecified atom stereocenters. The lowest BCUT2D eigenvalue weighted by atomic mass is 10.1. The molecule has 5 nitrogen and oxygen atoms in total. The topological polar surface area (TPSA) is 75.6 Å². The van der Waals surface area contributed by atoms with Crippen LogP contribution < -0.4 is 5.32 Å². The van der Waals surface area contributed by atoms with E-state index in [4.69, 9.17) is 37.1 Å². The van der Waals surface area contributed by atoms with Gasteiger partial charge in [0.05, 0.1) is 5.02 Å². The normalized spacial score (nSPS) is 10.9. The largest absolute Gasteiger partial charge is 0.459 e. The van der Waals surface area contributed by atoms with Gasteiger partial charge in [0.15, 0.2) is 5.76 Å². The number of rotatable bonds is 5. The lowest BCUT2D eigenvalue weighted by Crippen LogP contribution is -2.10. The molecule has 0 atom stereocenters. The highest BCUT2D eigenvalue weighted by molar-refractivity contribution is 6.33. The van der Waals surface area contributed by atoms with Crippen molar-refractivity contribution in [2.24, 2.45) is 0 Å². The zero-order valence-corrected chi connectivity index (χ0v) is 16.5. The molecule has 2 heterocycles. The predicted octanol–water partition coefficient (Wildman–Crippen LogP) is 6.26. The van der Waals surface area contributed by atoms with E-state index in [0.717, 1.165) is 5.56 Å². The predicted molar refractivity (Wildman–Crippen MR) is 112 cm³/mol. The minimum atomic E-state index is -0.394. The van der Waals surface area contributed by atoms with Crippen LogP contribution in [0, 0.1) is 0 Å². The average molecular weight is 428 g/mol. The van der Waals surface area contributed by atoms with Gasteiger partial charge in [-0.25, -0.2) is 0 Å². The molecule has 2 aromatic heterocycles. The van der Waals surface area contributed by atoms with E-state index in [1.54, 1.807) is 54.6 Å². The Hall–Kier alpha value is -2.99. The summed E-state index contributed by atoms with van der Waals surface area (Å²) in [4.78, 5) is 12.6. The summed E-state index contributed by atoms with van der Waals surface area (Å²) >= 11 is 12.2. The first-order chi connectivity index (χ1) is 14.0. The van der Waals surface area contributed by atoms with Gasteiger partial charge in [-0.3, -0.25) is 4.79 Å². The van der Waals surface area contributed by atoms with Crippen LogP contribution in [-0.2, 0) is 6.61 Å². The molecule has 0 radical (unpaired) electrons. The molecule has 0 bridgehead atoms. The van der Waals surface area contributed by atoms with E-state index in [0.29, 0.717) is 38.6 Å². The van der Waals surface area contributed by atoms with Crippen molar-refractivity contribution in [3.05, 3.63) is 88.3 Å². The molecule has 0 aliphatic carbocycles. The number of aliphatic hydroxyl groups excluding tert-OH is 1. The number of halogens is 2. The van der Waals surface area contributed by atoms with Crippen molar-refractivity contribution in [3.63, 3.8) is 0 Å². The van der Waals surface area contributed by atoms with Gasteiger partial charge in [0.1, 0.15) is 23.9 Å². The van der Waals surface area contributed by atoms with E-state index in [9.17, 15) is 4.79 Å². The van der Waals surface area contributed by atoms with E-state index < -0.39 is 5.91 Å². The summed E-state index contributed by atoms with van der Waals surface area (Å²) in [6.45, 7) is -0.206. The number of aliphatic hydroxyl groups is 1. The Labute approximate surface area is 176 Å². The monoisotopic (exact) mass is 427 g/mol. The summed E-state index contributed by atoms with van der Waals surface area (Å²) in [5, 5.41) is 13.0. The molecule has 0 aliphatic rings. The van der Waals surface area contributed by atoms with Crippen LogP contribution in [-0.4, -0.2) is 11.0 Å². The highest BCUT2D eigenvalue weighted by atomic mass is 35.5. The van der Waals surface area contributed by atoms with Crippen molar-refractivity contribution in [1.29, 1.82) is 0 Å². The van der Waals surface area contributed by atoms with E-state index in [2.05, 4.69) is 5.32 Å². The maximum Gasteiger partial charge on any atom is 0.291 e. The number of hydrogen-bond acceptors (Lipinski definition) is 4. The third-order valence-corrected chi connectivity index (χ3v) is 4.85. The van der Waals surface area contributed by atoms with Crippen molar-refractivity contribution >= 4 is 34.8 Å². The van der Waals surface area contributed by atoms with Gasteiger partial charge in [0.2, 0.25) is 0 Å². The Morgan fingerprint density at radius 1 is 0.897 bits per heavy atom. The van der Waals surface area contributed by atoms with Crippen molar-refractivity contribution in [2.45, 2.75) is 6.61 Å². The molecule has 29 heavy (non-hydrogen) atoms. The number of nitrogens with one attached hydrogen (secondary N) is 1. The van der Waals surface area contributed by atoms with Crippen LogP contribution in [0.3, 0.4) is 0 Å². The van der Waals surface area contributed by atoms with Crippen LogP contribution in [0.4, 0.5) is 5.69 Å². The van der Waals surface area contributed by atoms with Crippen LogP contribution in [0.2, 0.25) is 10.0 Å². The molecule has 0 saturated heterocycles. The summed E-state index contributed by atoms with van der Waals surface area (Å²) < 4.78 is 11.2. The Morgan fingerprint density at radius 3 is 2.38 bits per heavy atom. The third-order valence-electron chi connectivity index (χ3n) is 4.27. The van der Waals surface area contributed by atoms with Gasteiger partial charge in [-0.05, 0) is 66.7 Å². The Morgan fingerprint density at radius 2 is 1.66 bits per heavy atom. The molecule has 0 saturated carbocycles. The molecule has 0 fully saturated rings. The van der Waals surface area contributed by atoms with Crippen molar-refractivity contribution in [3.8, 4) is 22.6 Å². The molecular weight excluding hydrogens is 413 g/mol. The van der Waals surface area contributed by atoms with E-state index in [1.165, 1.54) is 0 Å². The fraction of sp³-hybridized carbons (Fsp3) is 0.0455. The summed E-state index contributed by atoms with van der Waals surface area (Å²) in [5.41, 5.74) is 1.95. The minimum Gasteiger partial charge on any atom is -0.459 e. The van der Waals surface area contributed by atoms with E-state index >= 15 is 0 Å². The van der Waals surface area contributed by atoms with E-state index in [1.807, 2.05) is 12.1 Å². The van der Waals surface area contributed by atoms with E-state index in [-0.39, 0.29) is 12.4 Å². The molecule has 2 N–H and O–H groups in total.